The molecule has 0 radical (unpaired) electrons. The predicted molar refractivity (Wildman–Crippen MR) is 50.9 cm³/mol. The van der Waals surface area contributed by atoms with Crippen LogP contribution in [0, 0.1) is 5.92 Å². The van der Waals surface area contributed by atoms with Crippen molar-refractivity contribution in [3.8, 4) is 0 Å². The Kier molecular flexibility index (Phi) is 2.35. The molecule has 3 N–H and O–H groups in total. The van der Waals surface area contributed by atoms with E-state index < -0.39 is 12.2 Å². The van der Waals surface area contributed by atoms with E-state index in [0.717, 1.165) is 5.04 Å². The molecule has 0 aromatic heterocycles. The molecule has 2 aliphatic rings. The molecule has 0 aromatic rings. The third-order valence-corrected chi connectivity index (χ3v) is 4.09. The average molecular weight is 203 g/mol. The fourth-order valence-corrected chi connectivity index (χ4v) is 3.41. The van der Waals surface area contributed by atoms with Gasteiger partial charge in [-0.05, 0) is 6.92 Å². The van der Waals surface area contributed by atoms with Gasteiger partial charge in [0, 0.05) is 17.8 Å². The number of thioether (sulfide) groups is 1. The molecule has 74 valence electrons. The van der Waals surface area contributed by atoms with Gasteiger partial charge in [-0.15, -0.1) is 11.8 Å². The fourth-order valence-electron chi connectivity index (χ4n) is 2.05. The number of rotatable bonds is 1. The summed E-state index contributed by atoms with van der Waals surface area (Å²) in [5.74, 6) is -0.244. The molecule has 1 aliphatic heterocycles. The van der Waals surface area contributed by atoms with Crippen LogP contribution < -0.4 is 0 Å². The minimum atomic E-state index is -0.829. The first kappa shape index (κ1) is 9.45. The summed E-state index contributed by atoms with van der Waals surface area (Å²) < 4.78 is 0. The summed E-state index contributed by atoms with van der Waals surface area (Å²) in [7, 11) is 0. The van der Waals surface area contributed by atoms with Gasteiger partial charge in [0.05, 0.1) is 17.2 Å². The molecule has 0 amide bonds. The normalized spacial score (nSPS) is 49.2. The maximum Gasteiger partial charge on any atom is 0.104 e. The first-order valence-electron chi connectivity index (χ1n) is 4.33. The second-order valence-electron chi connectivity index (χ2n) is 3.55. The van der Waals surface area contributed by atoms with Crippen LogP contribution in [0.4, 0.5) is 0 Å². The van der Waals surface area contributed by atoms with Crippen molar-refractivity contribution in [1.29, 1.82) is 0 Å². The van der Waals surface area contributed by atoms with Gasteiger partial charge in [0.1, 0.15) is 6.10 Å². The highest BCUT2D eigenvalue weighted by atomic mass is 32.2. The minimum absolute atomic E-state index is 0.0509. The Balaban J connectivity index is 2.21. The maximum absolute atomic E-state index is 9.61. The molecule has 0 spiro atoms. The molecule has 0 bridgehead atoms. The van der Waals surface area contributed by atoms with E-state index in [2.05, 4.69) is 4.99 Å². The van der Waals surface area contributed by atoms with Gasteiger partial charge in [-0.2, -0.15) is 0 Å². The summed E-state index contributed by atoms with van der Waals surface area (Å²) in [6, 6.07) is -0.225. The molecule has 2 rings (SSSR count). The maximum atomic E-state index is 9.61. The largest absolute Gasteiger partial charge is 0.396 e. The molecule has 1 saturated carbocycles. The van der Waals surface area contributed by atoms with Crippen LogP contribution in [0.3, 0.4) is 0 Å². The summed E-state index contributed by atoms with van der Waals surface area (Å²) in [6.07, 6.45) is -1.64. The van der Waals surface area contributed by atoms with Crippen molar-refractivity contribution in [2.75, 3.05) is 6.61 Å². The van der Waals surface area contributed by atoms with Gasteiger partial charge >= 0.3 is 0 Å². The zero-order valence-electron chi connectivity index (χ0n) is 7.29. The van der Waals surface area contributed by atoms with Crippen LogP contribution in [0.2, 0.25) is 0 Å². The summed E-state index contributed by atoms with van der Waals surface area (Å²) in [4.78, 5) is 4.24. The Labute approximate surface area is 80.7 Å². The first-order valence-corrected chi connectivity index (χ1v) is 5.21. The van der Waals surface area contributed by atoms with E-state index in [1.807, 2.05) is 6.92 Å². The van der Waals surface area contributed by atoms with Crippen molar-refractivity contribution in [3.63, 3.8) is 0 Å². The molecule has 5 unspecified atom stereocenters. The Morgan fingerprint density at radius 3 is 2.69 bits per heavy atom. The predicted octanol–water partition coefficient (Wildman–Crippen LogP) is -0.767. The standard InChI is InChI=1S/C8H13NO3S/c1-3-9-5-7(12)6(11)4(2-10)8(5)13-3/h4-8,10-12H,2H2,1H3. The summed E-state index contributed by atoms with van der Waals surface area (Å²) in [5, 5.41) is 29.2. The fraction of sp³-hybridized carbons (Fsp3) is 0.875. The number of hydrogen-bond acceptors (Lipinski definition) is 5. The van der Waals surface area contributed by atoms with Crippen LogP contribution >= 0.6 is 11.8 Å². The smallest absolute Gasteiger partial charge is 0.104 e. The SMILES string of the molecule is CC1=NC2C(O)C(O)C(CO)C2S1. The molecule has 5 atom stereocenters. The Hall–Kier alpha value is -0.100. The third-order valence-electron chi connectivity index (χ3n) is 2.75. The van der Waals surface area contributed by atoms with Crippen LogP contribution in [-0.2, 0) is 0 Å². The third kappa shape index (κ3) is 1.30. The lowest BCUT2D eigenvalue weighted by Gasteiger charge is -2.16. The van der Waals surface area contributed by atoms with Crippen molar-refractivity contribution in [3.05, 3.63) is 0 Å². The highest BCUT2D eigenvalue weighted by Gasteiger charge is 2.52. The lowest BCUT2D eigenvalue weighted by atomic mass is 10.1. The van der Waals surface area contributed by atoms with E-state index in [9.17, 15) is 10.2 Å². The summed E-state index contributed by atoms with van der Waals surface area (Å²) >= 11 is 1.55. The quantitative estimate of drug-likeness (QED) is 0.523. The molecule has 0 aromatic carbocycles. The molecule has 1 fully saturated rings. The minimum Gasteiger partial charge on any atom is -0.396 e. The van der Waals surface area contributed by atoms with Gasteiger partial charge in [0.2, 0.25) is 0 Å². The summed E-state index contributed by atoms with van der Waals surface area (Å²) in [5.41, 5.74) is 0. The van der Waals surface area contributed by atoms with Gasteiger partial charge in [-0.1, -0.05) is 0 Å². The second-order valence-corrected chi connectivity index (χ2v) is 4.92. The lowest BCUT2D eigenvalue weighted by Crippen LogP contribution is -2.31. The number of fused-ring (bicyclic) bond motifs is 1. The van der Waals surface area contributed by atoms with Crippen molar-refractivity contribution >= 4 is 16.8 Å². The van der Waals surface area contributed by atoms with Gasteiger partial charge < -0.3 is 15.3 Å². The zero-order chi connectivity index (χ0) is 9.59. The topological polar surface area (TPSA) is 73.1 Å². The van der Waals surface area contributed by atoms with Crippen molar-refractivity contribution in [1.82, 2.24) is 0 Å². The zero-order valence-corrected chi connectivity index (χ0v) is 8.11. The number of nitrogens with zero attached hydrogens (tertiary/aromatic N) is 1. The van der Waals surface area contributed by atoms with E-state index in [0.29, 0.717) is 0 Å². The lowest BCUT2D eigenvalue weighted by molar-refractivity contribution is 0.00332. The van der Waals surface area contributed by atoms with E-state index in [4.69, 9.17) is 5.11 Å². The van der Waals surface area contributed by atoms with Crippen LogP contribution in [0.25, 0.3) is 0 Å². The highest BCUT2D eigenvalue weighted by molar-refractivity contribution is 8.14. The first-order chi connectivity index (χ1) is 6.15. The second kappa shape index (κ2) is 3.24. The van der Waals surface area contributed by atoms with Gasteiger partial charge in [0.15, 0.2) is 0 Å². The van der Waals surface area contributed by atoms with Gasteiger partial charge in [0.25, 0.3) is 0 Å². The van der Waals surface area contributed by atoms with Gasteiger partial charge in [-0.25, -0.2) is 0 Å². The Morgan fingerprint density at radius 1 is 1.38 bits per heavy atom. The van der Waals surface area contributed by atoms with Crippen LogP contribution in [0.15, 0.2) is 4.99 Å². The average Bonchev–Trinajstić information content (AvgIpc) is 2.54. The van der Waals surface area contributed by atoms with Crippen molar-refractivity contribution < 1.29 is 15.3 Å². The number of aliphatic hydroxyl groups excluding tert-OH is 3. The molecule has 1 heterocycles. The summed E-state index contributed by atoms with van der Waals surface area (Å²) in [6.45, 7) is 1.80. The van der Waals surface area contributed by atoms with E-state index in [1.54, 1.807) is 11.8 Å². The molecule has 5 heteroatoms. The molecule has 13 heavy (non-hydrogen) atoms. The van der Waals surface area contributed by atoms with Gasteiger partial charge in [-0.3, -0.25) is 4.99 Å². The monoisotopic (exact) mass is 203 g/mol. The Morgan fingerprint density at radius 2 is 2.08 bits per heavy atom. The highest BCUT2D eigenvalue weighted by Crippen LogP contribution is 2.42. The van der Waals surface area contributed by atoms with Crippen molar-refractivity contribution in [2.45, 2.75) is 30.4 Å². The van der Waals surface area contributed by atoms with Crippen LogP contribution in [0.1, 0.15) is 6.92 Å². The molecular weight excluding hydrogens is 190 g/mol. The van der Waals surface area contributed by atoms with E-state index in [1.165, 1.54) is 0 Å². The molecule has 1 aliphatic carbocycles. The number of aliphatic imine (C=N–C) groups is 1. The molecule has 4 nitrogen and oxygen atoms in total. The van der Waals surface area contributed by atoms with Crippen LogP contribution in [0.5, 0.6) is 0 Å². The van der Waals surface area contributed by atoms with E-state index in [-0.39, 0.29) is 23.8 Å². The van der Waals surface area contributed by atoms with E-state index >= 15 is 0 Å². The Bertz CT molecular complexity index is 246. The van der Waals surface area contributed by atoms with Crippen LogP contribution in [-0.4, -0.2) is 50.5 Å². The molecule has 0 saturated heterocycles. The number of hydrogen-bond donors (Lipinski definition) is 3. The van der Waals surface area contributed by atoms with Crippen molar-refractivity contribution in [2.24, 2.45) is 10.9 Å². The number of aliphatic hydroxyl groups is 3. The molecular formula is C8H13NO3S.